The minimum absolute atomic E-state index is 0.482. The molecule has 3 aromatic rings. The quantitative estimate of drug-likeness (QED) is 0.627. The zero-order valence-corrected chi connectivity index (χ0v) is 15.5. The van der Waals surface area contributed by atoms with E-state index in [1.807, 2.05) is 42.5 Å². The van der Waals surface area contributed by atoms with Crippen molar-refractivity contribution in [3.63, 3.8) is 0 Å². The Morgan fingerprint density at radius 2 is 1.58 bits per heavy atom. The van der Waals surface area contributed by atoms with Crippen molar-refractivity contribution in [1.82, 2.24) is 9.97 Å². The van der Waals surface area contributed by atoms with Gasteiger partial charge in [-0.3, -0.25) is 0 Å². The summed E-state index contributed by atoms with van der Waals surface area (Å²) in [5.41, 5.74) is 2.87. The van der Waals surface area contributed by atoms with Gasteiger partial charge in [0.1, 0.15) is 11.6 Å². The SMILES string of the molecule is CCN(CC)c1nc(-c2ccccc2)nc(-c2ccc(Cl)cc2)c1C#N. The summed E-state index contributed by atoms with van der Waals surface area (Å²) < 4.78 is 0. The first-order valence-corrected chi connectivity index (χ1v) is 8.94. The average molecular weight is 363 g/mol. The first kappa shape index (κ1) is 17.9. The predicted octanol–water partition coefficient (Wildman–Crippen LogP) is 5.18. The highest BCUT2D eigenvalue weighted by atomic mass is 35.5. The van der Waals surface area contributed by atoms with Crippen molar-refractivity contribution < 1.29 is 0 Å². The molecule has 0 aliphatic rings. The molecule has 0 amide bonds. The number of hydrogen-bond donors (Lipinski definition) is 0. The Hall–Kier alpha value is -2.90. The third kappa shape index (κ3) is 3.54. The van der Waals surface area contributed by atoms with Crippen LogP contribution >= 0.6 is 11.6 Å². The minimum Gasteiger partial charge on any atom is -0.356 e. The van der Waals surface area contributed by atoms with Crippen LogP contribution in [0.15, 0.2) is 54.6 Å². The fraction of sp³-hybridized carbons (Fsp3) is 0.190. The minimum atomic E-state index is 0.482. The maximum absolute atomic E-state index is 9.83. The standard InChI is InChI=1S/C21H19ClN4/c1-3-26(4-2)21-18(14-23)19(15-10-12-17(22)13-11-15)24-20(25-21)16-8-6-5-7-9-16/h5-13H,3-4H2,1-2H3. The zero-order valence-electron chi connectivity index (χ0n) is 14.8. The average Bonchev–Trinajstić information content (AvgIpc) is 2.69. The number of halogens is 1. The molecule has 0 radical (unpaired) electrons. The Morgan fingerprint density at radius 3 is 2.15 bits per heavy atom. The molecular weight excluding hydrogens is 344 g/mol. The van der Waals surface area contributed by atoms with Gasteiger partial charge in [0, 0.05) is 29.2 Å². The van der Waals surface area contributed by atoms with E-state index in [0.717, 1.165) is 24.2 Å². The molecule has 4 nitrogen and oxygen atoms in total. The van der Waals surface area contributed by atoms with Crippen LogP contribution in [0.1, 0.15) is 19.4 Å². The van der Waals surface area contributed by atoms with Crippen LogP contribution in [0.25, 0.3) is 22.6 Å². The lowest BCUT2D eigenvalue weighted by Gasteiger charge is -2.22. The number of benzene rings is 2. The Balaban J connectivity index is 2.29. The van der Waals surface area contributed by atoms with Crippen LogP contribution in [0, 0.1) is 11.3 Å². The number of nitriles is 1. The number of rotatable bonds is 5. The summed E-state index contributed by atoms with van der Waals surface area (Å²) in [6, 6.07) is 19.5. The predicted molar refractivity (Wildman–Crippen MR) is 106 cm³/mol. The van der Waals surface area contributed by atoms with Crippen LogP contribution in [0.5, 0.6) is 0 Å². The van der Waals surface area contributed by atoms with Crippen LogP contribution < -0.4 is 4.90 Å². The highest BCUT2D eigenvalue weighted by Gasteiger charge is 2.20. The molecule has 0 saturated carbocycles. The van der Waals surface area contributed by atoms with Gasteiger partial charge in [-0.1, -0.05) is 54.1 Å². The molecule has 26 heavy (non-hydrogen) atoms. The second-order valence-corrected chi connectivity index (χ2v) is 6.19. The molecule has 0 spiro atoms. The number of nitrogens with zero attached hydrogens (tertiary/aromatic N) is 4. The molecule has 0 unspecified atom stereocenters. The third-order valence-electron chi connectivity index (χ3n) is 4.21. The summed E-state index contributed by atoms with van der Waals surface area (Å²) in [5, 5.41) is 10.5. The van der Waals surface area contributed by atoms with Crippen LogP contribution in [-0.2, 0) is 0 Å². The molecule has 2 aromatic carbocycles. The molecule has 0 saturated heterocycles. The van der Waals surface area contributed by atoms with E-state index in [9.17, 15) is 5.26 Å². The van der Waals surface area contributed by atoms with Crippen molar-refractivity contribution in [2.45, 2.75) is 13.8 Å². The molecule has 5 heteroatoms. The Labute approximate surface area is 158 Å². The fourth-order valence-electron chi connectivity index (χ4n) is 2.84. The summed E-state index contributed by atoms with van der Waals surface area (Å²) in [7, 11) is 0. The molecule has 0 atom stereocenters. The Morgan fingerprint density at radius 1 is 0.923 bits per heavy atom. The molecule has 0 aliphatic carbocycles. The molecule has 1 heterocycles. The largest absolute Gasteiger partial charge is 0.356 e. The fourth-order valence-corrected chi connectivity index (χ4v) is 2.96. The van der Waals surface area contributed by atoms with Gasteiger partial charge < -0.3 is 4.90 Å². The summed E-state index contributed by atoms with van der Waals surface area (Å²) in [6.07, 6.45) is 0. The van der Waals surface area contributed by atoms with Crippen LogP contribution in [0.3, 0.4) is 0 Å². The molecule has 0 fully saturated rings. The van der Waals surface area contributed by atoms with Crippen molar-refractivity contribution in [2.24, 2.45) is 0 Å². The van der Waals surface area contributed by atoms with Gasteiger partial charge in [-0.15, -0.1) is 0 Å². The van der Waals surface area contributed by atoms with Gasteiger partial charge >= 0.3 is 0 Å². The van der Waals surface area contributed by atoms with E-state index in [2.05, 4.69) is 24.8 Å². The second-order valence-electron chi connectivity index (χ2n) is 5.75. The van der Waals surface area contributed by atoms with Crippen molar-refractivity contribution in [2.75, 3.05) is 18.0 Å². The van der Waals surface area contributed by atoms with Crippen LogP contribution in [0.2, 0.25) is 5.02 Å². The first-order valence-electron chi connectivity index (χ1n) is 8.56. The highest BCUT2D eigenvalue weighted by Crippen LogP contribution is 2.31. The third-order valence-corrected chi connectivity index (χ3v) is 4.47. The second kappa shape index (κ2) is 7.99. The smallest absolute Gasteiger partial charge is 0.162 e. The van der Waals surface area contributed by atoms with E-state index in [4.69, 9.17) is 21.6 Å². The van der Waals surface area contributed by atoms with E-state index >= 15 is 0 Å². The number of anilines is 1. The van der Waals surface area contributed by atoms with Gasteiger partial charge in [0.25, 0.3) is 0 Å². The molecule has 1 aromatic heterocycles. The van der Waals surface area contributed by atoms with Crippen molar-refractivity contribution in [3.8, 4) is 28.7 Å². The lowest BCUT2D eigenvalue weighted by atomic mass is 10.1. The van der Waals surface area contributed by atoms with Gasteiger partial charge in [0.15, 0.2) is 11.6 Å². The van der Waals surface area contributed by atoms with E-state index in [1.165, 1.54) is 0 Å². The molecule has 3 rings (SSSR count). The molecular formula is C21H19ClN4. The summed E-state index contributed by atoms with van der Waals surface area (Å²) in [5.74, 6) is 1.27. The van der Waals surface area contributed by atoms with E-state index in [1.54, 1.807) is 12.1 Å². The van der Waals surface area contributed by atoms with Gasteiger partial charge in [0.2, 0.25) is 0 Å². The Bertz CT molecular complexity index is 927. The van der Waals surface area contributed by atoms with Gasteiger partial charge in [0.05, 0.1) is 5.69 Å². The maximum atomic E-state index is 9.83. The topological polar surface area (TPSA) is 52.8 Å². The summed E-state index contributed by atoms with van der Waals surface area (Å²) in [4.78, 5) is 11.5. The van der Waals surface area contributed by atoms with Crippen LogP contribution in [0.4, 0.5) is 5.82 Å². The lowest BCUT2D eigenvalue weighted by Crippen LogP contribution is -2.25. The molecule has 0 bridgehead atoms. The molecule has 130 valence electrons. The normalized spacial score (nSPS) is 10.4. The van der Waals surface area contributed by atoms with Gasteiger partial charge in [-0.2, -0.15) is 5.26 Å². The number of aromatic nitrogens is 2. The van der Waals surface area contributed by atoms with Crippen molar-refractivity contribution in [3.05, 3.63) is 65.2 Å². The molecule has 0 N–H and O–H groups in total. The zero-order chi connectivity index (χ0) is 18.5. The summed E-state index contributed by atoms with van der Waals surface area (Å²) >= 11 is 6.02. The Kier molecular flexibility index (Phi) is 5.50. The van der Waals surface area contributed by atoms with Crippen LogP contribution in [-0.4, -0.2) is 23.1 Å². The molecule has 0 aliphatic heterocycles. The van der Waals surface area contributed by atoms with Crippen molar-refractivity contribution >= 4 is 17.4 Å². The maximum Gasteiger partial charge on any atom is 0.162 e. The van der Waals surface area contributed by atoms with E-state index in [-0.39, 0.29) is 0 Å². The van der Waals surface area contributed by atoms with Gasteiger partial charge in [-0.25, -0.2) is 9.97 Å². The monoisotopic (exact) mass is 362 g/mol. The lowest BCUT2D eigenvalue weighted by molar-refractivity contribution is 0.841. The van der Waals surface area contributed by atoms with Gasteiger partial charge in [-0.05, 0) is 26.0 Å². The highest BCUT2D eigenvalue weighted by molar-refractivity contribution is 6.30. The first-order chi connectivity index (χ1) is 12.7. The summed E-state index contributed by atoms with van der Waals surface area (Å²) in [6.45, 7) is 5.63. The van der Waals surface area contributed by atoms with E-state index in [0.29, 0.717) is 27.9 Å². The van der Waals surface area contributed by atoms with E-state index < -0.39 is 0 Å². The van der Waals surface area contributed by atoms with Crippen molar-refractivity contribution in [1.29, 1.82) is 5.26 Å². The number of hydrogen-bond acceptors (Lipinski definition) is 4.